The van der Waals surface area contributed by atoms with E-state index in [0.717, 1.165) is 24.2 Å². The highest BCUT2D eigenvalue weighted by molar-refractivity contribution is 5.47. The predicted molar refractivity (Wildman–Crippen MR) is 59.8 cm³/mol. The van der Waals surface area contributed by atoms with Gasteiger partial charge in [0, 0.05) is 6.20 Å². The topological polar surface area (TPSA) is 43.3 Å². The van der Waals surface area contributed by atoms with Crippen molar-refractivity contribution in [2.75, 3.05) is 0 Å². The summed E-state index contributed by atoms with van der Waals surface area (Å²) in [5, 5.41) is 0. The molecule has 2 N–H and O–H groups in total. The molecule has 3 heteroatoms. The minimum Gasteiger partial charge on any atom is -0.320 e. The van der Waals surface area contributed by atoms with Crippen molar-refractivity contribution >= 4 is 5.65 Å². The number of hydrogen-bond acceptors (Lipinski definition) is 2. The minimum atomic E-state index is -0.114. The van der Waals surface area contributed by atoms with Crippen LogP contribution in [-0.2, 0) is 5.54 Å². The number of imidazole rings is 1. The molecule has 2 aromatic rings. The van der Waals surface area contributed by atoms with E-state index in [9.17, 15) is 0 Å². The zero-order valence-corrected chi connectivity index (χ0v) is 9.12. The fourth-order valence-corrected chi connectivity index (χ4v) is 2.24. The second-order valence-electron chi connectivity index (χ2n) is 4.64. The lowest BCUT2D eigenvalue weighted by atomic mass is 10.1. The Bertz CT molecular complexity index is 535. The molecule has 1 fully saturated rings. The van der Waals surface area contributed by atoms with Crippen LogP contribution < -0.4 is 5.73 Å². The van der Waals surface area contributed by atoms with Gasteiger partial charge in [-0.15, -0.1) is 0 Å². The fourth-order valence-electron chi connectivity index (χ4n) is 2.24. The zero-order chi connectivity index (χ0) is 10.6. The first-order chi connectivity index (χ1) is 7.10. The van der Waals surface area contributed by atoms with Crippen molar-refractivity contribution < 1.29 is 0 Å². The number of fused-ring (bicyclic) bond motifs is 1. The molecule has 1 aliphatic rings. The molecule has 0 atom stereocenters. The Labute approximate surface area is 88.9 Å². The normalized spacial score (nSPS) is 18.3. The zero-order valence-electron chi connectivity index (χ0n) is 9.12. The average Bonchev–Trinajstić information content (AvgIpc) is 2.80. The molecular weight excluding hydrogens is 186 g/mol. The Balaban J connectivity index is 2.35. The molecule has 0 saturated heterocycles. The number of aromatic nitrogens is 2. The summed E-state index contributed by atoms with van der Waals surface area (Å²) in [5.74, 6) is 0. The first-order valence-electron chi connectivity index (χ1n) is 5.35. The molecule has 0 radical (unpaired) electrons. The highest BCUT2D eigenvalue weighted by atomic mass is 15.1. The van der Waals surface area contributed by atoms with Crippen molar-refractivity contribution in [3.63, 3.8) is 0 Å². The van der Waals surface area contributed by atoms with E-state index >= 15 is 0 Å². The quantitative estimate of drug-likeness (QED) is 0.765. The number of nitrogens with zero attached hydrogens (tertiary/aromatic N) is 2. The van der Waals surface area contributed by atoms with Gasteiger partial charge in [-0.25, -0.2) is 4.98 Å². The van der Waals surface area contributed by atoms with Crippen molar-refractivity contribution in [3.05, 3.63) is 35.3 Å². The van der Waals surface area contributed by atoms with E-state index in [-0.39, 0.29) is 5.54 Å². The van der Waals surface area contributed by atoms with Crippen LogP contribution >= 0.6 is 0 Å². The van der Waals surface area contributed by atoms with Crippen molar-refractivity contribution in [2.24, 2.45) is 5.73 Å². The highest BCUT2D eigenvalue weighted by Gasteiger charge is 2.43. The number of hydrogen-bond donors (Lipinski definition) is 1. The Morgan fingerprint density at radius 3 is 2.73 bits per heavy atom. The van der Waals surface area contributed by atoms with E-state index in [1.54, 1.807) is 0 Å². The second kappa shape index (κ2) is 2.61. The van der Waals surface area contributed by atoms with E-state index in [4.69, 9.17) is 5.73 Å². The highest BCUT2D eigenvalue weighted by Crippen LogP contribution is 2.44. The monoisotopic (exact) mass is 201 g/mol. The summed E-state index contributed by atoms with van der Waals surface area (Å²) >= 11 is 0. The maximum atomic E-state index is 6.27. The largest absolute Gasteiger partial charge is 0.320 e. The molecule has 3 rings (SSSR count). The molecule has 0 amide bonds. The molecule has 0 unspecified atom stereocenters. The lowest BCUT2D eigenvalue weighted by Gasteiger charge is -2.10. The van der Waals surface area contributed by atoms with Gasteiger partial charge in [0.1, 0.15) is 5.65 Å². The van der Waals surface area contributed by atoms with Gasteiger partial charge < -0.3 is 10.1 Å². The van der Waals surface area contributed by atoms with Crippen molar-refractivity contribution in [2.45, 2.75) is 32.2 Å². The van der Waals surface area contributed by atoms with Crippen LogP contribution in [-0.4, -0.2) is 9.38 Å². The van der Waals surface area contributed by atoms with Crippen molar-refractivity contribution in [3.8, 4) is 0 Å². The fraction of sp³-hybridized carbons (Fsp3) is 0.417. The first-order valence-corrected chi connectivity index (χ1v) is 5.35. The smallest absolute Gasteiger partial charge is 0.137 e. The lowest BCUT2D eigenvalue weighted by Crippen LogP contribution is -2.22. The van der Waals surface area contributed by atoms with Crippen LogP contribution in [0.4, 0.5) is 0 Å². The second-order valence-corrected chi connectivity index (χ2v) is 4.64. The summed E-state index contributed by atoms with van der Waals surface area (Å²) < 4.78 is 2.15. The van der Waals surface area contributed by atoms with Crippen LogP contribution in [0.5, 0.6) is 0 Å². The van der Waals surface area contributed by atoms with Gasteiger partial charge in [-0.1, -0.05) is 6.07 Å². The Kier molecular flexibility index (Phi) is 1.55. The molecule has 2 aromatic heterocycles. The summed E-state index contributed by atoms with van der Waals surface area (Å²) in [6.07, 6.45) is 4.28. The van der Waals surface area contributed by atoms with Gasteiger partial charge in [0.15, 0.2) is 0 Å². The molecular formula is C12H15N3. The van der Waals surface area contributed by atoms with Gasteiger partial charge in [-0.05, 0) is 38.3 Å². The van der Waals surface area contributed by atoms with E-state index < -0.39 is 0 Å². The van der Waals surface area contributed by atoms with Crippen LogP contribution in [0, 0.1) is 13.8 Å². The summed E-state index contributed by atoms with van der Waals surface area (Å²) in [7, 11) is 0. The van der Waals surface area contributed by atoms with Gasteiger partial charge >= 0.3 is 0 Å². The summed E-state index contributed by atoms with van der Waals surface area (Å²) in [6, 6.07) is 4.14. The molecule has 1 aliphatic carbocycles. The van der Waals surface area contributed by atoms with E-state index in [2.05, 4.69) is 34.6 Å². The standard InChI is InChI=1S/C12H15N3/c1-8-3-4-10-14-9(2)11(15(10)7-8)12(13)5-6-12/h3-4,7H,5-6,13H2,1-2H3. The van der Waals surface area contributed by atoms with Gasteiger partial charge in [0.2, 0.25) is 0 Å². The number of pyridine rings is 1. The SMILES string of the molecule is Cc1ccc2nc(C)c(C3(N)CC3)n2c1. The summed E-state index contributed by atoms with van der Waals surface area (Å²) in [6.45, 7) is 4.14. The maximum absolute atomic E-state index is 6.27. The molecule has 3 nitrogen and oxygen atoms in total. The third-order valence-corrected chi connectivity index (χ3v) is 3.20. The number of aryl methyl sites for hydroxylation is 2. The molecule has 2 heterocycles. The number of nitrogens with two attached hydrogens (primary N) is 1. The van der Waals surface area contributed by atoms with Crippen LogP contribution in [0.25, 0.3) is 5.65 Å². The Morgan fingerprint density at radius 2 is 2.07 bits per heavy atom. The molecule has 15 heavy (non-hydrogen) atoms. The van der Waals surface area contributed by atoms with Crippen molar-refractivity contribution in [1.29, 1.82) is 0 Å². The Hall–Kier alpha value is -1.35. The minimum absolute atomic E-state index is 0.114. The van der Waals surface area contributed by atoms with Gasteiger partial charge in [0.25, 0.3) is 0 Å². The molecule has 78 valence electrons. The van der Waals surface area contributed by atoms with Gasteiger partial charge in [-0.3, -0.25) is 0 Å². The predicted octanol–water partition coefficient (Wildman–Crippen LogP) is 1.90. The van der Waals surface area contributed by atoms with Crippen LogP contribution in [0.3, 0.4) is 0 Å². The van der Waals surface area contributed by atoms with E-state index in [0.29, 0.717) is 0 Å². The maximum Gasteiger partial charge on any atom is 0.137 e. The molecule has 1 saturated carbocycles. The number of rotatable bonds is 1. The third kappa shape index (κ3) is 1.20. The van der Waals surface area contributed by atoms with Gasteiger partial charge in [-0.2, -0.15) is 0 Å². The van der Waals surface area contributed by atoms with Crippen LogP contribution in [0.1, 0.15) is 29.8 Å². The lowest BCUT2D eigenvalue weighted by molar-refractivity contribution is 0.691. The molecule has 0 bridgehead atoms. The van der Waals surface area contributed by atoms with E-state index in [1.807, 2.05) is 6.92 Å². The summed E-state index contributed by atoms with van der Waals surface area (Å²) in [4.78, 5) is 4.54. The third-order valence-electron chi connectivity index (χ3n) is 3.20. The van der Waals surface area contributed by atoms with Crippen LogP contribution in [0.2, 0.25) is 0 Å². The van der Waals surface area contributed by atoms with Gasteiger partial charge in [0.05, 0.1) is 16.9 Å². The average molecular weight is 201 g/mol. The molecule has 0 spiro atoms. The molecule has 0 aromatic carbocycles. The first kappa shape index (κ1) is 8.92. The Morgan fingerprint density at radius 1 is 1.33 bits per heavy atom. The van der Waals surface area contributed by atoms with Crippen molar-refractivity contribution in [1.82, 2.24) is 9.38 Å². The summed E-state index contributed by atoms with van der Waals surface area (Å²) in [5.41, 5.74) is 10.7. The van der Waals surface area contributed by atoms with Crippen LogP contribution in [0.15, 0.2) is 18.3 Å². The molecule has 0 aliphatic heterocycles. The van der Waals surface area contributed by atoms with E-state index in [1.165, 1.54) is 11.3 Å².